The standard InChI is InChI=1S/C20H24ClN7O/c21-20-24-18(27-8-10-29-11-9-27)17-19(25-20)28(14-23-17)16-3-6-26(7-4-16)13-15-2-1-5-22-12-15/h1-2,5,12,14,16H,3-4,6-11,13H2. The van der Waals surface area contributed by atoms with Gasteiger partial charge in [-0.25, -0.2) is 4.98 Å². The molecule has 2 aliphatic heterocycles. The molecular weight excluding hydrogens is 390 g/mol. The molecule has 0 amide bonds. The van der Waals surface area contributed by atoms with E-state index in [1.807, 2.05) is 24.8 Å². The van der Waals surface area contributed by atoms with E-state index < -0.39 is 0 Å². The first-order valence-corrected chi connectivity index (χ1v) is 10.5. The summed E-state index contributed by atoms with van der Waals surface area (Å²) in [6.07, 6.45) is 7.78. The van der Waals surface area contributed by atoms with E-state index in [1.165, 1.54) is 5.56 Å². The lowest BCUT2D eigenvalue weighted by Gasteiger charge is -2.32. The van der Waals surface area contributed by atoms with Crippen LogP contribution in [0.1, 0.15) is 24.4 Å². The third kappa shape index (κ3) is 3.92. The molecule has 0 atom stereocenters. The molecule has 2 saturated heterocycles. The van der Waals surface area contributed by atoms with E-state index in [0.717, 1.165) is 62.5 Å². The second-order valence-corrected chi connectivity index (χ2v) is 7.95. The minimum absolute atomic E-state index is 0.273. The Morgan fingerprint density at radius 3 is 2.69 bits per heavy atom. The van der Waals surface area contributed by atoms with Gasteiger partial charge in [0.25, 0.3) is 0 Å². The molecule has 8 nitrogen and oxygen atoms in total. The maximum atomic E-state index is 6.29. The van der Waals surface area contributed by atoms with Crippen molar-refractivity contribution >= 4 is 28.6 Å². The summed E-state index contributed by atoms with van der Waals surface area (Å²) in [6, 6.07) is 4.50. The predicted molar refractivity (Wildman–Crippen MR) is 111 cm³/mol. The maximum absolute atomic E-state index is 6.29. The van der Waals surface area contributed by atoms with Crippen LogP contribution in [0.4, 0.5) is 5.82 Å². The first-order chi connectivity index (χ1) is 14.3. The molecule has 29 heavy (non-hydrogen) atoms. The van der Waals surface area contributed by atoms with Gasteiger partial charge in [0.1, 0.15) is 0 Å². The zero-order chi connectivity index (χ0) is 19.6. The molecule has 3 aromatic rings. The van der Waals surface area contributed by atoms with Gasteiger partial charge < -0.3 is 14.2 Å². The van der Waals surface area contributed by atoms with Crippen molar-refractivity contribution in [2.45, 2.75) is 25.4 Å². The van der Waals surface area contributed by atoms with Crippen LogP contribution >= 0.6 is 11.6 Å². The second-order valence-electron chi connectivity index (χ2n) is 7.61. The smallest absolute Gasteiger partial charge is 0.226 e. The van der Waals surface area contributed by atoms with Crippen molar-refractivity contribution in [2.24, 2.45) is 0 Å². The van der Waals surface area contributed by atoms with Crippen LogP contribution in [-0.4, -0.2) is 68.8 Å². The van der Waals surface area contributed by atoms with Crippen LogP contribution in [-0.2, 0) is 11.3 Å². The Balaban J connectivity index is 1.34. The summed E-state index contributed by atoms with van der Waals surface area (Å²) in [5.41, 5.74) is 2.92. The number of imidazole rings is 1. The second kappa shape index (κ2) is 8.22. The SMILES string of the molecule is Clc1nc(N2CCOCC2)c2ncn(C3CCN(Cc4cccnc4)CC3)c2n1. The molecule has 0 saturated carbocycles. The minimum atomic E-state index is 0.273. The Morgan fingerprint density at radius 1 is 1.10 bits per heavy atom. The molecule has 9 heteroatoms. The van der Waals surface area contributed by atoms with Crippen LogP contribution in [0.15, 0.2) is 30.9 Å². The van der Waals surface area contributed by atoms with E-state index in [0.29, 0.717) is 19.3 Å². The highest BCUT2D eigenvalue weighted by molar-refractivity contribution is 6.28. The number of rotatable bonds is 4. The molecule has 0 bridgehead atoms. The highest BCUT2D eigenvalue weighted by Crippen LogP contribution is 2.30. The summed E-state index contributed by atoms with van der Waals surface area (Å²) in [7, 11) is 0. The molecule has 5 rings (SSSR count). The number of hydrogen-bond donors (Lipinski definition) is 0. The Kier molecular flexibility index (Phi) is 5.30. The van der Waals surface area contributed by atoms with Crippen molar-refractivity contribution in [3.05, 3.63) is 41.7 Å². The number of piperidine rings is 1. The maximum Gasteiger partial charge on any atom is 0.226 e. The molecule has 0 spiro atoms. The van der Waals surface area contributed by atoms with Crippen molar-refractivity contribution in [3.63, 3.8) is 0 Å². The largest absolute Gasteiger partial charge is 0.378 e. The van der Waals surface area contributed by atoms with Gasteiger partial charge in [-0.3, -0.25) is 9.88 Å². The minimum Gasteiger partial charge on any atom is -0.378 e. The molecule has 0 aromatic carbocycles. The third-order valence-electron chi connectivity index (χ3n) is 5.77. The Bertz CT molecular complexity index is 966. The molecule has 0 aliphatic carbocycles. The lowest BCUT2D eigenvalue weighted by Crippen LogP contribution is -2.37. The normalized spacial score (nSPS) is 19.1. The Morgan fingerprint density at radius 2 is 1.93 bits per heavy atom. The topological polar surface area (TPSA) is 72.2 Å². The number of morpholine rings is 1. The molecule has 0 radical (unpaired) electrons. The van der Waals surface area contributed by atoms with Crippen LogP contribution in [0.2, 0.25) is 5.28 Å². The molecule has 0 unspecified atom stereocenters. The predicted octanol–water partition coefficient (Wildman–Crippen LogP) is 2.55. The molecule has 0 N–H and O–H groups in total. The van der Waals surface area contributed by atoms with E-state index in [9.17, 15) is 0 Å². The number of likely N-dealkylation sites (tertiary alicyclic amines) is 1. The van der Waals surface area contributed by atoms with Gasteiger partial charge in [-0.05, 0) is 36.1 Å². The zero-order valence-electron chi connectivity index (χ0n) is 16.2. The molecule has 5 heterocycles. The van der Waals surface area contributed by atoms with E-state index in [1.54, 1.807) is 0 Å². The number of nitrogens with zero attached hydrogens (tertiary/aromatic N) is 7. The van der Waals surface area contributed by atoms with Crippen LogP contribution in [0, 0.1) is 0 Å². The number of halogens is 1. The zero-order valence-corrected chi connectivity index (χ0v) is 17.0. The highest BCUT2D eigenvalue weighted by Gasteiger charge is 2.25. The average Bonchev–Trinajstić information content (AvgIpc) is 3.19. The van der Waals surface area contributed by atoms with Gasteiger partial charge in [-0.1, -0.05) is 6.07 Å². The van der Waals surface area contributed by atoms with Crippen molar-refractivity contribution < 1.29 is 4.74 Å². The number of pyridine rings is 1. The molecule has 2 aliphatic rings. The average molecular weight is 414 g/mol. The lowest BCUT2D eigenvalue weighted by molar-refractivity contribution is 0.122. The summed E-state index contributed by atoms with van der Waals surface area (Å²) in [5, 5.41) is 0.273. The summed E-state index contributed by atoms with van der Waals surface area (Å²) in [4.78, 5) is 22.6. The number of fused-ring (bicyclic) bond motifs is 1. The van der Waals surface area contributed by atoms with Crippen molar-refractivity contribution in [1.29, 1.82) is 0 Å². The molecule has 3 aromatic heterocycles. The van der Waals surface area contributed by atoms with E-state index in [-0.39, 0.29) is 5.28 Å². The van der Waals surface area contributed by atoms with Crippen molar-refractivity contribution in [2.75, 3.05) is 44.3 Å². The quantitative estimate of drug-likeness (QED) is 0.608. The van der Waals surface area contributed by atoms with Gasteiger partial charge in [-0.15, -0.1) is 0 Å². The monoisotopic (exact) mass is 413 g/mol. The number of hydrogen-bond acceptors (Lipinski definition) is 7. The fraction of sp³-hybridized carbons (Fsp3) is 0.500. The first kappa shape index (κ1) is 18.7. The summed E-state index contributed by atoms with van der Waals surface area (Å²) >= 11 is 6.29. The Labute approximate surface area is 174 Å². The van der Waals surface area contributed by atoms with Crippen LogP contribution < -0.4 is 4.90 Å². The van der Waals surface area contributed by atoms with Crippen molar-refractivity contribution in [1.82, 2.24) is 29.4 Å². The third-order valence-corrected chi connectivity index (χ3v) is 5.93. The van der Waals surface area contributed by atoms with E-state index in [4.69, 9.17) is 16.3 Å². The van der Waals surface area contributed by atoms with Gasteiger partial charge in [-0.2, -0.15) is 9.97 Å². The fourth-order valence-electron chi connectivity index (χ4n) is 4.24. The van der Waals surface area contributed by atoms with Gasteiger partial charge in [0.2, 0.25) is 5.28 Å². The van der Waals surface area contributed by atoms with Crippen molar-refractivity contribution in [3.8, 4) is 0 Å². The van der Waals surface area contributed by atoms with Crippen LogP contribution in [0.3, 0.4) is 0 Å². The molecule has 2 fully saturated rings. The van der Waals surface area contributed by atoms with E-state index in [2.05, 4.69) is 40.4 Å². The fourth-order valence-corrected chi connectivity index (χ4v) is 4.40. The van der Waals surface area contributed by atoms with E-state index >= 15 is 0 Å². The van der Waals surface area contributed by atoms with Gasteiger partial charge in [0.05, 0.1) is 19.5 Å². The first-order valence-electron chi connectivity index (χ1n) is 10.1. The van der Waals surface area contributed by atoms with Gasteiger partial charge in [0.15, 0.2) is 17.0 Å². The van der Waals surface area contributed by atoms with Crippen LogP contribution in [0.5, 0.6) is 0 Å². The molecule has 152 valence electrons. The Hall–Kier alpha value is -2.29. The number of aromatic nitrogens is 5. The summed E-state index contributed by atoms with van der Waals surface area (Å²) < 4.78 is 7.65. The number of anilines is 1. The lowest BCUT2D eigenvalue weighted by atomic mass is 10.0. The molecular formula is C20H24ClN7O. The summed E-state index contributed by atoms with van der Waals surface area (Å²) in [6.45, 7) is 5.99. The number of ether oxygens (including phenoxy) is 1. The highest BCUT2D eigenvalue weighted by atomic mass is 35.5. The van der Waals surface area contributed by atoms with Gasteiger partial charge >= 0.3 is 0 Å². The van der Waals surface area contributed by atoms with Gasteiger partial charge in [0, 0.05) is 51.2 Å². The van der Waals surface area contributed by atoms with Crippen LogP contribution in [0.25, 0.3) is 11.2 Å². The summed E-state index contributed by atoms with van der Waals surface area (Å²) in [5.74, 6) is 0.816.